The number of β-amino-alcohol motifs (C(OH)–C–C–N with tert-alkyl or cyclic N) is 1. The highest BCUT2D eigenvalue weighted by Crippen LogP contribution is 2.20. The Labute approximate surface area is 141 Å². The number of fused-ring (bicyclic) bond motifs is 1. The number of aliphatic hydroxyl groups is 1. The summed E-state index contributed by atoms with van der Waals surface area (Å²) in [5, 5.41) is 9.94. The predicted molar refractivity (Wildman–Crippen MR) is 91.9 cm³/mol. The van der Waals surface area contributed by atoms with Crippen LogP contribution in [0.4, 0.5) is 0 Å². The molecular formula is C18H25N3O3. The molecule has 1 aromatic heterocycles. The average Bonchev–Trinajstić information content (AvgIpc) is 3.14. The number of ether oxygens (including phenoxy) is 1. The SMILES string of the molecule is CCO[C@H]1CN(C(=O)CCc2nc3c(C)c(C)ccc3[nH]2)C[C@@H]1O. The maximum Gasteiger partial charge on any atom is 0.223 e. The van der Waals surface area contributed by atoms with E-state index in [-0.39, 0.29) is 12.0 Å². The molecule has 1 aromatic carbocycles. The first kappa shape index (κ1) is 16.9. The molecule has 3 rings (SSSR count). The third-order valence-corrected chi connectivity index (χ3v) is 4.77. The number of nitrogens with one attached hydrogen (secondary N) is 1. The fourth-order valence-corrected chi connectivity index (χ4v) is 3.20. The molecule has 2 heterocycles. The van der Waals surface area contributed by atoms with Gasteiger partial charge in [0.25, 0.3) is 0 Å². The second-order valence-corrected chi connectivity index (χ2v) is 6.45. The lowest BCUT2D eigenvalue weighted by Crippen LogP contribution is -2.30. The molecule has 1 amide bonds. The van der Waals surface area contributed by atoms with Crippen molar-refractivity contribution in [3.8, 4) is 0 Å². The Balaban J connectivity index is 1.62. The molecule has 0 bridgehead atoms. The molecule has 1 aliphatic rings. The number of rotatable bonds is 5. The lowest BCUT2D eigenvalue weighted by atomic mass is 10.1. The molecule has 0 unspecified atom stereocenters. The number of nitrogens with zero attached hydrogens (tertiary/aromatic N) is 2. The van der Waals surface area contributed by atoms with E-state index in [0.717, 1.165) is 16.9 Å². The molecule has 0 saturated carbocycles. The minimum atomic E-state index is -0.592. The Morgan fingerprint density at radius 2 is 2.21 bits per heavy atom. The highest BCUT2D eigenvalue weighted by atomic mass is 16.5. The Morgan fingerprint density at radius 3 is 2.96 bits per heavy atom. The van der Waals surface area contributed by atoms with E-state index in [1.165, 1.54) is 11.1 Å². The van der Waals surface area contributed by atoms with Gasteiger partial charge in [-0.2, -0.15) is 0 Å². The summed E-state index contributed by atoms with van der Waals surface area (Å²) in [6.45, 7) is 7.38. The number of aromatic nitrogens is 2. The number of aryl methyl sites for hydroxylation is 3. The van der Waals surface area contributed by atoms with Crippen molar-refractivity contribution < 1.29 is 14.6 Å². The Hall–Kier alpha value is -1.92. The molecular weight excluding hydrogens is 306 g/mol. The summed E-state index contributed by atoms with van der Waals surface area (Å²) in [6.07, 6.45) is 0.0860. The minimum absolute atomic E-state index is 0.0320. The number of H-pyrrole nitrogens is 1. The molecule has 24 heavy (non-hydrogen) atoms. The maximum atomic E-state index is 12.4. The Kier molecular flexibility index (Phi) is 4.87. The van der Waals surface area contributed by atoms with Crippen LogP contribution in [0.3, 0.4) is 0 Å². The average molecular weight is 331 g/mol. The van der Waals surface area contributed by atoms with Gasteiger partial charge in [-0.3, -0.25) is 4.79 Å². The number of imidazole rings is 1. The van der Waals surface area contributed by atoms with E-state index in [9.17, 15) is 9.90 Å². The molecule has 2 N–H and O–H groups in total. The molecule has 1 fully saturated rings. The van der Waals surface area contributed by atoms with E-state index < -0.39 is 6.10 Å². The third-order valence-electron chi connectivity index (χ3n) is 4.77. The van der Waals surface area contributed by atoms with Gasteiger partial charge >= 0.3 is 0 Å². The molecule has 1 saturated heterocycles. The summed E-state index contributed by atoms with van der Waals surface area (Å²) in [6, 6.07) is 4.10. The van der Waals surface area contributed by atoms with Crippen molar-refractivity contribution in [1.29, 1.82) is 0 Å². The van der Waals surface area contributed by atoms with Crippen molar-refractivity contribution >= 4 is 16.9 Å². The number of hydrogen-bond acceptors (Lipinski definition) is 4. The van der Waals surface area contributed by atoms with E-state index in [1.807, 2.05) is 13.0 Å². The molecule has 0 radical (unpaired) electrons. The van der Waals surface area contributed by atoms with Crippen LogP contribution in [0.2, 0.25) is 0 Å². The molecule has 6 nitrogen and oxygen atoms in total. The van der Waals surface area contributed by atoms with Gasteiger partial charge in [0.1, 0.15) is 11.9 Å². The predicted octanol–water partition coefficient (Wildman–Crippen LogP) is 1.72. The van der Waals surface area contributed by atoms with E-state index >= 15 is 0 Å². The number of benzene rings is 1. The maximum absolute atomic E-state index is 12.4. The number of carbonyl (C=O) groups is 1. The normalized spacial score (nSPS) is 20.9. The fraction of sp³-hybridized carbons (Fsp3) is 0.556. The van der Waals surface area contributed by atoms with Crippen molar-refractivity contribution in [3.05, 3.63) is 29.1 Å². The standard InChI is InChI=1S/C18H25N3O3/c1-4-24-15-10-21(9-14(15)22)17(23)8-7-16-19-13-6-5-11(2)12(3)18(13)20-16/h5-6,14-15,22H,4,7-10H2,1-3H3,(H,19,20)/t14-,15-/m0/s1. The highest BCUT2D eigenvalue weighted by Gasteiger charge is 2.34. The zero-order valence-electron chi connectivity index (χ0n) is 14.5. The van der Waals surface area contributed by atoms with E-state index in [2.05, 4.69) is 29.9 Å². The van der Waals surface area contributed by atoms with Crippen LogP contribution >= 0.6 is 0 Å². The lowest BCUT2D eigenvalue weighted by Gasteiger charge is -2.15. The number of aliphatic hydroxyl groups excluding tert-OH is 1. The number of carbonyl (C=O) groups excluding carboxylic acids is 1. The lowest BCUT2D eigenvalue weighted by molar-refractivity contribution is -0.130. The van der Waals surface area contributed by atoms with Crippen LogP contribution < -0.4 is 0 Å². The van der Waals surface area contributed by atoms with Crippen molar-refractivity contribution in [1.82, 2.24) is 14.9 Å². The molecule has 6 heteroatoms. The largest absolute Gasteiger partial charge is 0.388 e. The van der Waals surface area contributed by atoms with Crippen molar-refractivity contribution in [2.75, 3.05) is 19.7 Å². The monoisotopic (exact) mass is 331 g/mol. The van der Waals surface area contributed by atoms with Gasteiger partial charge in [-0.1, -0.05) is 6.07 Å². The summed E-state index contributed by atoms with van der Waals surface area (Å²) < 4.78 is 5.46. The van der Waals surface area contributed by atoms with Crippen LogP contribution in [-0.2, 0) is 16.0 Å². The van der Waals surface area contributed by atoms with Crippen LogP contribution in [0.5, 0.6) is 0 Å². The number of likely N-dealkylation sites (tertiary alicyclic amines) is 1. The second-order valence-electron chi connectivity index (χ2n) is 6.45. The number of hydrogen-bond donors (Lipinski definition) is 2. The van der Waals surface area contributed by atoms with E-state index in [0.29, 0.717) is 32.5 Å². The second kappa shape index (κ2) is 6.91. The first-order valence-electron chi connectivity index (χ1n) is 8.51. The van der Waals surface area contributed by atoms with Gasteiger partial charge in [0, 0.05) is 32.5 Å². The van der Waals surface area contributed by atoms with Gasteiger partial charge in [0.2, 0.25) is 5.91 Å². The summed E-state index contributed by atoms with van der Waals surface area (Å²) in [5.74, 6) is 0.859. The Morgan fingerprint density at radius 1 is 1.42 bits per heavy atom. The Bertz CT molecular complexity index is 740. The van der Waals surface area contributed by atoms with E-state index in [1.54, 1.807) is 4.90 Å². The van der Waals surface area contributed by atoms with Crippen LogP contribution in [0.15, 0.2) is 12.1 Å². The fourth-order valence-electron chi connectivity index (χ4n) is 3.20. The summed E-state index contributed by atoms with van der Waals surface area (Å²) in [4.78, 5) is 22.0. The first-order chi connectivity index (χ1) is 11.5. The number of amides is 1. The first-order valence-corrected chi connectivity index (χ1v) is 8.51. The quantitative estimate of drug-likeness (QED) is 0.874. The van der Waals surface area contributed by atoms with Gasteiger partial charge < -0.3 is 19.7 Å². The summed E-state index contributed by atoms with van der Waals surface area (Å²) >= 11 is 0. The highest BCUT2D eigenvalue weighted by molar-refractivity contribution is 5.80. The smallest absolute Gasteiger partial charge is 0.223 e. The van der Waals surface area contributed by atoms with Crippen molar-refractivity contribution in [2.24, 2.45) is 0 Å². The van der Waals surface area contributed by atoms with Gasteiger partial charge in [-0.05, 0) is 38.0 Å². The zero-order chi connectivity index (χ0) is 17.3. The van der Waals surface area contributed by atoms with Crippen LogP contribution in [-0.4, -0.2) is 57.8 Å². The van der Waals surface area contributed by atoms with Gasteiger partial charge in [-0.25, -0.2) is 4.98 Å². The van der Waals surface area contributed by atoms with Crippen LogP contribution in [0.25, 0.3) is 11.0 Å². The topological polar surface area (TPSA) is 78.5 Å². The molecule has 0 aliphatic carbocycles. The minimum Gasteiger partial charge on any atom is -0.388 e. The third kappa shape index (κ3) is 3.30. The molecule has 130 valence electrons. The summed E-state index contributed by atoms with van der Waals surface area (Å²) in [5.41, 5.74) is 4.37. The van der Waals surface area contributed by atoms with Crippen LogP contribution in [0, 0.1) is 13.8 Å². The molecule has 2 atom stereocenters. The van der Waals surface area contributed by atoms with E-state index in [4.69, 9.17) is 4.74 Å². The van der Waals surface area contributed by atoms with Gasteiger partial charge in [0.05, 0.1) is 17.1 Å². The van der Waals surface area contributed by atoms with Gasteiger partial charge in [-0.15, -0.1) is 0 Å². The van der Waals surface area contributed by atoms with Crippen molar-refractivity contribution in [3.63, 3.8) is 0 Å². The van der Waals surface area contributed by atoms with Crippen molar-refractivity contribution in [2.45, 2.75) is 45.8 Å². The summed E-state index contributed by atoms with van der Waals surface area (Å²) in [7, 11) is 0. The number of aromatic amines is 1. The zero-order valence-corrected chi connectivity index (χ0v) is 14.5. The molecule has 2 aromatic rings. The molecule has 0 spiro atoms. The molecule has 1 aliphatic heterocycles. The van der Waals surface area contributed by atoms with Gasteiger partial charge in [0.15, 0.2) is 0 Å². The van der Waals surface area contributed by atoms with Crippen LogP contribution in [0.1, 0.15) is 30.3 Å².